The quantitative estimate of drug-likeness (QED) is 0.730. The Morgan fingerprint density at radius 2 is 1.83 bits per heavy atom. The van der Waals surface area contributed by atoms with E-state index in [4.69, 9.17) is 4.74 Å². The Labute approximate surface area is 172 Å². The number of halogens is 3. The Morgan fingerprint density at radius 1 is 1.13 bits per heavy atom. The van der Waals surface area contributed by atoms with Crippen molar-refractivity contribution >= 4 is 21.6 Å². The van der Waals surface area contributed by atoms with E-state index >= 15 is 0 Å². The molecule has 1 aliphatic heterocycles. The lowest BCUT2D eigenvalue weighted by atomic mass is 10.1. The first kappa shape index (κ1) is 22.1. The maximum atomic E-state index is 13.0. The number of anilines is 1. The van der Waals surface area contributed by atoms with Crippen LogP contribution in [0, 0.1) is 0 Å². The number of nitrogens with one attached hydrogen (secondary N) is 1. The Balaban J connectivity index is 1.92. The van der Waals surface area contributed by atoms with E-state index < -0.39 is 27.7 Å². The molecule has 0 atom stereocenters. The first-order valence-electron chi connectivity index (χ1n) is 9.38. The molecule has 0 bridgehead atoms. The maximum Gasteiger partial charge on any atom is 0.416 e. The van der Waals surface area contributed by atoms with E-state index in [-0.39, 0.29) is 28.5 Å². The molecule has 162 valence electrons. The van der Waals surface area contributed by atoms with Crippen molar-refractivity contribution in [2.24, 2.45) is 0 Å². The van der Waals surface area contributed by atoms with Crippen LogP contribution in [0.3, 0.4) is 0 Å². The number of carbonyl (C=O) groups is 1. The van der Waals surface area contributed by atoms with E-state index in [9.17, 15) is 26.4 Å². The maximum absolute atomic E-state index is 13.0. The zero-order valence-corrected chi connectivity index (χ0v) is 17.0. The number of carbonyl (C=O) groups excluding carboxylic acids is 1. The molecular formula is C20H21F3N2O4S. The molecule has 1 saturated heterocycles. The summed E-state index contributed by atoms with van der Waals surface area (Å²) in [5, 5.41) is 2.38. The van der Waals surface area contributed by atoms with Crippen LogP contribution in [0.5, 0.6) is 5.75 Å². The number of ether oxygens (including phenoxy) is 1. The van der Waals surface area contributed by atoms with Crippen molar-refractivity contribution in [1.29, 1.82) is 0 Å². The van der Waals surface area contributed by atoms with Crippen molar-refractivity contribution in [3.8, 4) is 5.75 Å². The molecule has 0 aliphatic carbocycles. The van der Waals surface area contributed by atoms with E-state index in [0.29, 0.717) is 13.1 Å². The Hall–Kier alpha value is -2.59. The minimum Gasteiger partial charge on any atom is -0.492 e. The Kier molecular flexibility index (Phi) is 6.37. The fourth-order valence-electron chi connectivity index (χ4n) is 3.17. The summed E-state index contributed by atoms with van der Waals surface area (Å²) in [5.74, 6) is -0.602. The van der Waals surface area contributed by atoms with Crippen molar-refractivity contribution in [2.75, 3.05) is 25.0 Å². The van der Waals surface area contributed by atoms with Crippen LogP contribution in [0.15, 0.2) is 47.4 Å². The normalized spacial score (nSPS) is 15.2. The van der Waals surface area contributed by atoms with E-state index in [2.05, 4.69) is 5.32 Å². The van der Waals surface area contributed by atoms with Gasteiger partial charge in [-0.3, -0.25) is 4.79 Å². The summed E-state index contributed by atoms with van der Waals surface area (Å²) >= 11 is 0. The first-order chi connectivity index (χ1) is 14.1. The minimum absolute atomic E-state index is 0.00589. The molecule has 1 aliphatic rings. The van der Waals surface area contributed by atoms with E-state index in [0.717, 1.165) is 25.0 Å². The van der Waals surface area contributed by atoms with Crippen LogP contribution in [-0.2, 0) is 16.2 Å². The lowest BCUT2D eigenvalue weighted by Crippen LogP contribution is -2.28. The summed E-state index contributed by atoms with van der Waals surface area (Å²) in [7, 11) is -3.87. The van der Waals surface area contributed by atoms with Crippen LogP contribution in [0.4, 0.5) is 18.9 Å². The topological polar surface area (TPSA) is 75.7 Å². The minimum atomic E-state index is -4.54. The third-order valence-corrected chi connectivity index (χ3v) is 6.56. The number of amides is 1. The number of sulfonamides is 1. The molecule has 1 fully saturated rings. The summed E-state index contributed by atoms with van der Waals surface area (Å²) in [6, 6.07) is 8.16. The molecule has 30 heavy (non-hydrogen) atoms. The highest BCUT2D eigenvalue weighted by atomic mass is 32.2. The van der Waals surface area contributed by atoms with Gasteiger partial charge in [-0.05, 0) is 56.2 Å². The van der Waals surface area contributed by atoms with Gasteiger partial charge in [-0.15, -0.1) is 0 Å². The largest absolute Gasteiger partial charge is 0.492 e. The van der Waals surface area contributed by atoms with Gasteiger partial charge in [-0.25, -0.2) is 8.42 Å². The highest BCUT2D eigenvalue weighted by Gasteiger charge is 2.32. The first-order valence-corrected chi connectivity index (χ1v) is 10.8. The molecule has 10 heteroatoms. The second-order valence-corrected chi connectivity index (χ2v) is 8.64. The number of hydrogen-bond donors (Lipinski definition) is 1. The standard InChI is InChI=1S/C20H21F3N2O4S/c1-2-29-17-9-8-14(12-18(17)30(27,28)25-10-3-4-11-25)19(26)24-16-7-5-6-15(13-16)20(21,22)23/h5-9,12-13H,2-4,10-11H2,1H3,(H,24,26). The Morgan fingerprint density at radius 3 is 2.47 bits per heavy atom. The van der Waals surface area contributed by atoms with Crippen LogP contribution in [0.25, 0.3) is 0 Å². The molecular weight excluding hydrogens is 421 g/mol. The third kappa shape index (κ3) is 4.76. The van der Waals surface area contributed by atoms with Crippen LogP contribution < -0.4 is 10.1 Å². The lowest BCUT2D eigenvalue weighted by molar-refractivity contribution is -0.137. The monoisotopic (exact) mass is 442 g/mol. The molecule has 0 radical (unpaired) electrons. The summed E-state index contributed by atoms with van der Waals surface area (Å²) in [6.45, 7) is 2.71. The number of alkyl halides is 3. The fraction of sp³-hybridized carbons (Fsp3) is 0.350. The van der Waals surface area contributed by atoms with Crippen molar-refractivity contribution in [2.45, 2.75) is 30.8 Å². The highest BCUT2D eigenvalue weighted by molar-refractivity contribution is 7.89. The highest BCUT2D eigenvalue weighted by Crippen LogP contribution is 2.32. The Bertz CT molecular complexity index is 1030. The second kappa shape index (κ2) is 8.65. The zero-order chi connectivity index (χ0) is 21.9. The lowest BCUT2D eigenvalue weighted by Gasteiger charge is -2.19. The van der Waals surface area contributed by atoms with Crippen molar-refractivity contribution in [1.82, 2.24) is 4.31 Å². The summed E-state index contributed by atoms with van der Waals surface area (Å²) < 4.78 is 71.4. The molecule has 2 aromatic rings. The fourth-order valence-corrected chi connectivity index (χ4v) is 4.84. The summed E-state index contributed by atoms with van der Waals surface area (Å²) in [5.41, 5.74) is -0.953. The molecule has 0 unspecified atom stereocenters. The van der Waals surface area contributed by atoms with Gasteiger partial charge >= 0.3 is 6.18 Å². The van der Waals surface area contributed by atoms with Gasteiger partial charge in [-0.2, -0.15) is 17.5 Å². The predicted octanol–water partition coefficient (Wildman–Crippen LogP) is 4.14. The molecule has 3 rings (SSSR count). The third-order valence-electron chi connectivity index (χ3n) is 4.64. The van der Waals surface area contributed by atoms with E-state index in [1.54, 1.807) is 6.92 Å². The van der Waals surface area contributed by atoms with Gasteiger partial charge in [0.2, 0.25) is 10.0 Å². The zero-order valence-electron chi connectivity index (χ0n) is 16.2. The average molecular weight is 442 g/mol. The molecule has 2 aromatic carbocycles. The summed E-state index contributed by atoms with van der Waals surface area (Å²) in [4.78, 5) is 12.5. The number of nitrogens with zero attached hydrogens (tertiary/aromatic N) is 1. The molecule has 1 amide bonds. The van der Waals surface area contributed by atoms with Crippen molar-refractivity contribution in [3.63, 3.8) is 0 Å². The van der Waals surface area contributed by atoms with Gasteiger partial charge in [0.1, 0.15) is 10.6 Å². The molecule has 1 N–H and O–H groups in total. The van der Waals surface area contributed by atoms with Gasteiger partial charge in [0.05, 0.1) is 12.2 Å². The van der Waals surface area contributed by atoms with Crippen LogP contribution in [0.1, 0.15) is 35.7 Å². The summed E-state index contributed by atoms with van der Waals surface area (Å²) in [6.07, 6.45) is -3.05. The average Bonchev–Trinajstić information content (AvgIpc) is 3.23. The van der Waals surface area contributed by atoms with Crippen molar-refractivity contribution in [3.05, 3.63) is 53.6 Å². The van der Waals surface area contributed by atoms with Crippen LogP contribution in [0.2, 0.25) is 0 Å². The van der Waals surface area contributed by atoms with Crippen molar-refractivity contribution < 1.29 is 31.1 Å². The molecule has 0 saturated carbocycles. The second-order valence-electron chi connectivity index (χ2n) is 6.74. The van der Waals surface area contributed by atoms with Gasteiger partial charge in [0, 0.05) is 24.3 Å². The van der Waals surface area contributed by atoms with Gasteiger partial charge in [0.25, 0.3) is 5.91 Å². The number of benzene rings is 2. The van der Waals surface area contributed by atoms with Crippen LogP contribution >= 0.6 is 0 Å². The smallest absolute Gasteiger partial charge is 0.416 e. The number of rotatable bonds is 6. The predicted molar refractivity (Wildman–Crippen MR) is 105 cm³/mol. The number of hydrogen-bond acceptors (Lipinski definition) is 4. The van der Waals surface area contributed by atoms with Crippen LogP contribution in [-0.4, -0.2) is 38.3 Å². The van der Waals surface area contributed by atoms with Gasteiger partial charge < -0.3 is 10.1 Å². The molecule has 0 aromatic heterocycles. The molecule has 6 nitrogen and oxygen atoms in total. The van der Waals surface area contributed by atoms with Gasteiger partial charge in [-0.1, -0.05) is 6.07 Å². The molecule has 0 spiro atoms. The SMILES string of the molecule is CCOc1ccc(C(=O)Nc2cccc(C(F)(F)F)c2)cc1S(=O)(=O)N1CCCC1. The molecule has 1 heterocycles. The van der Waals surface area contributed by atoms with Gasteiger partial charge in [0.15, 0.2) is 0 Å². The van der Waals surface area contributed by atoms with E-state index in [1.807, 2.05) is 0 Å². The van der Waals surface area contributed by atoms with E-state index in [1.165, 1.54) is 34.6 Å².